The molecule has 1 aromatic rings. The zero-order chi connectivity index (χ0) is 19.8. The Bertz CT molecular complexity index is 873. The molecule has 0 fully saturated rings. The predicted octanol–water partition coefficient (Wildman–Crippen LogP) is 4.56. The molecule has 5 nitrogen and oxygen atoms in total. The van der Waals surface area contributed by atoms with Crippen molar-refractivity contribution in [1.82, 2.24) is 5.32 Å². The lowest BCUT2D eigenvalue weighted by Gasteiger charge is -2.37. The van der Waals surface area contributed by atoms with Crippen LogP contribution in [-0.2, 0) is 9.59 Å². The van der Waals surface area contributed by atoms with Gasteiger partial charge in [0.1, 0.15) is 0 Å². The number of benzene rings is 1. The van der Waals surface area contributed by atoms with Crippen LogP contribution in [0.15, 0.2) is 39.1 Å². The third-order valence-corrected chi connectivity index (χ3v) is 6.25. The van der Waals surface area contributed by atoms with Gasteiger partial charge in [-0.25, -0.2) is 0 Å². The second-order valence-electron chi connectivity index (χ2n) is 7.36. The minimum atomic E-state index is -0.340. The molecule has 4 rings (SSSR count). The Morgan fingerprint density at radius 3 is 2.18 bits per heavy atom. The maximum atomic E-state index is 12.9. The molecule has 0 saturated carbocycles. The molecule has 3 aliphatic rings. The van der Waals surface area contributed by atoms with Gasteiger partial charge in [0, 0.05) is 41.3 Å². The topological polar surface area (TPSA) is 64.6 Å². The van der Waals surface area contributed by atoms with Crippen LogP contribution in [0.5, 0.6) is 11.5 Å². The third kappa shape index (κ3) is 3.17. The van der Waals surface area contributed by atoms with E-state index >= 15 is 0 Å². The molecule has 148 valence electrons. The monoisotopic (exact) mass is 445 g/mol. The number of carbonyl (C=O) groups is 2. The number of ketones is 2. The molecular weight excluding hydrogens is 422 g/mol. The van der Waals surface area contributed by atoms with Gasteiger partial charge in [-0.1, -0.05) is 0 Å². The Morgan fingerprint density at radius 2 is 1.64 bits per heavy atom. The number of methoxy groups -OCH3 is 1. The van der Waals surface area contributed by atoms with Gasteiger partial charge in [-0.05, 0) is 66.2 Å². The number of rotatable bonds is 4. The van der Waals surface area contributed by atoms with Crippen LogP contribution in [0.2, 0.25) is 0 Å². The lowest BCUT2D eigenvalue weighted by atomic mass is 9.71. The molecule has 0 spiro atoms. The number of hydrogen-bond acceptors (Lipinski definition) is 5. The van der Waals surface area contributed by atoms with Gasteiger partial charge in [0.25, 0.3) is 0 Å². The summed E-state index contributed by atoms with van der Waals surface area (Å²) < 4.78 is 12.0. The fourth-order valence-electron chi connectivity index (χ4n) is 4.51. The van der Waals surface area contributed by atoms with Crippen LogP contribution in [0.25, 0.3) is 0 Å². The van der Waals surface area contributed by atoms with E-state index in [-0.39, 0.29) is 17.5 Å². The van der Waals surface area contributed by atoms with Crippen molar-refractivity contribution in [1.29, 1.82) is 0 Å². The minimum absolute atomic E-state index is 0.132. The quantitative estimate of drug-likeness (QED) is 0.735. The molecule has 0 amide bonds. The fraction of sp³-hybridized carbons (Fsp3) is 0.455. The maximum Gasteiger partial charge on any atom is 0.175 e. The van der Waals surface area contributed by atoms with E-state index in [0.717, 1.165) is 58.3 Å². The number of nitrogens with one attached hydrogen (secondary N) is 1. The number of hydrogen-bond donors (Lipinski definition) is 1. The zero-order valence-electron chi connectivity index (χ0n) is 16.2. The molecule has 1 N–H and O–H groups in total. The highest BCUT2D eigenvalue weighted by atomic mass is 79.9. The molecular formula is C22H24BrNO4. The van der Waals surface area contributed by atoms with Gasteiger partial charge in [-0.2, -0.15) is 0 Å². The predicted molar refractivity (Wildman–Crippen MR) is 110 cm³/mol. The Balaban J connectivity index is 1.91. The summed E-state index contributed by atoms with van der Waals surface area (Å²) in [6, 6.07) is 3.87. The molecule has 1 aromatic carbocycles. The van der Waals surface area contributed by atoms with E-state index in [4.69, 9.17) is 9.47 Å². The van der Waals surface area contributed by atoms with Crippen molar-refractivity contribution in [2.75, 3.05) is 13.7 Å². The van der Waals surface area contributed by atoms with Gasteiger partial charge < -0.3 is 14.8 Å². The van der Waals surface area contributed by atoms with Crippen molar-refractivity contribution >= 4 is 27.5 Å². The van der Waals surface area contributed by atoms with Crippen LogP contribution in [0.4, 0.5) is 0 Å². The van der Waals surface area contributed by atoms with Crippen LogP contribution in [0.3, 0.4) is 0 Å². The number of Topliss-reactive ketones (excluding diaryl/α,β-unsaturated/α-hetero) is 2. The van der Waals surface area contributed by atoms with Gasteiger partial charge >= 0.3 is 0 Å². The molecule has 1 heterocycles. The van der Waals surface area contributed by atoms with Gasteiger partial charge in [0.15, 0.2) is 23.1 Å². The standard InChI is InChI=1S/C22H24BrNO4/c1-3-28-22-13(23)10-12(11-18(22)27-2)19-20-14(6-4-8-16(20)25)24-15-7-5-9-17(26)21(15)19/h10-11,19,24H,3-9H2,1-2H3. The smallest absolute Gasteiger partial charge is 0.175 e. The minimum Gasteiger partial charge on any atom is -0.493 e. The second kappa shape index (κ2) is 7.74. The summed E-state index contributed by atoms with van der Waals surface area (Å²) in [6.07, 6.45) is 4.45. The highest BCUT2D eigenvalue weighted by Crippen LogP contribution is 2.48. The molecule has 2 aliphatic carbocycles. The summed E-state index contributed by atoms with van der Waals surface area (Å²) in [7, 11) is 1.60. The first-order chi connectivity index (χ1) is 13.5. The maximum absolute atomic E-state index is 12.9. The molecule has 1 aliphatic heterocycles. The highest BCUT2D eigenvalue weighted by molar-refractivity contribution is 9.10. The van der Waals surface area contributed by atoms with E-state index < -0.39 is 0 Å². The molecule has 28 heavy (non-hydrogen) atoms. The highest BCUT2D eigenvalue weighted by Gasteiger charge is 2.40. The molecule has 0 radical (unpaired) electrons. The first-order valence-electron chi connectivity index (χ1n) is 9.84. The van der Waals surface area contributed by atoms with Gasteiger partial charge in [0.05, 0.1) is 18.2 Å². The molecule has 0 unspecified atom stereocenters. The molecule has 6 heteroatoms. The SMILES string of the molecule is CCOc1c(Br)cc(C2C3=C(CCCC3=O)NC3=C2C(=O)CCC3)cc1OC. The summed E-state index contributed by atoms with van der Waals surface area (Å²) in [5, 5.41) is 3.44. The van der Waals surface area contributed by atoms with Gasteiger partial charge in [0.2, 0.25) is 0 Å². The van der Waals surface area contributed by atoms with Crippen LogP contribution >= 0.6 is 15.9 Å². The average Bonchev–Trinajstić information content (AvgIpc) is 2.68. The van der Waals surface area contributed by atoms with E-state index in [1.165, 1.54) is 0 Å². The normalized spacial score (nSPS) is 20.0. The van der Waals surface area contributed by atoms with Crippen molar-refractivity contribution in [2.45, 2.75) is 51.4 Å². The second-order valence-corrected chi connectivity index (χ2v) is 8.22. The summed E-state index contributed by atoms with van der Waals surface area (Å²) in [6.45, 7) is 2.44. The molecule has 0 saturated heterocycles. The van der Waals surface area contributed by atoms with E-state index in [9.17, 15) is 9.59 Å². The molecule has 0 aromatic heterocycles. The summed E-state index contributed by atoms with van der Waals surface area (Å²) >= 11 is 3.59. The van der Waals surface area contributed by atoms with E-state index in [2.05, 4.69) is 21.2 Å². The van der Waals surface area contributed by atoms with Crippen LogP contribution in [0.1, 0.15) is 56.9 Å². The van der Waals surface area contributed by atoms with Crippen molar-refractivity contribution in [3.05, 3.63) is 44.7 Å². The van der Waals surface area contributed by atoms with E-state index in [0.29, 0.717) is 30.9 Å². The average molecular weight is 446 g/mol. The van der Waals surface area contributed by atoms with Crippen LogP contribution < -0.4 is 14.8 Å². The van der Waals surface area contributed by atoms with Crippen molar-refractivity contribution in [2.24, 2.45) is 0 Å². The first kappa shape index (κ1) is 19.2. The number of ether oxygens (including phenoxy) is 2. The summed E-state index contributed by atoms with van der Waals surface area (Å²) in [5.41, 5.74) is 4.35. The van der Waals surface area contributed by atoms with Crippen LogP contribution in [0, 0.1) is 0 Å². The fourth-order valence-corrected chi connectivity index (χ4v) is 5.08. The largest absolute Gasteiger partial charge is 0.493 e. The third-order valence-electron chi connectivity index (χ3n) is 5.67. The van der Waals surface area contributed by atoms with E-state index in [1.54, 1.807) is 7.11 Å². The summed E-state index contributed by atoms with van der Waals surface area (Å²) in [5.74, 6) is 1.16. The Labute approximate surface area is 173 Å². The van der Waals surface area contributed by atoms with Crippen molar-refractivity contribution in [3.8, 4) is 11.5 Å². The molecule has 0 bridgehead atoms. The van der Waals surface area contributed by atoms with Crippen molar-refractivity contribution < 1.29 is 19.1 Å². The van der Waals surface area contributed by atoms with Crippen molar-refractivity contribution in [3.63, 3.8) is 0 Å². The lowest BCUT2D eigenvalue weighted by molar-refractivity contribution is -0.116. The first-order valence-corrected chi connectivity index (χ1v) is 10.6. The Kier molecular flexibility index (Phi) is 5.32. The summed E-state index contributed by atoms with van der Waals surface area (Å²) in [4.78, 5) is 25.8. The Hall–Kier alpha value is -2.08. The number of halogens is 1. The van der Waals surface area contributed by atoms with Gasteiger partial charge in [-0.3, -0.25) is 9.59 Å². The van der Waals surface area contributed by atoms with Gasteiger partial charge in [-0.15, -0.1) is 0 Å². The zero-order valence-corrected chi connectivity index (χ0v) is 17.8. The number of dihydropyridines is 1. The molecule has 0 atom stereocenters. The van der Waals surface area contributed by atoms with Crippen LogP contribution in [-0.4, -0.2) is 25.3 Å². The number of carbonyl (C=O) groups excluding carboxylic acids is 2. The Morgan fingerprint density at radius 1 is 1.04 bits per heavy atom. The van der Waals surface area contributed by atoms with E-state index in [1.807, 2.05) is 19.1 Å². The lowest BCUT2D eigenvalue weighted by Crippen LogP contribution is -2.36. The number of allylic oxidation sites excluding steroid dienone is 4.